The highest BCUT2D eigenvalue weighted by Gasteiger charge is 2.20. The summed E-state index contributed by atoms with van der Waals surface area (Å²) >= 11 is 2.88. The van der Waals surface area contributed by atoms with E-state index in [0.717, 1.165) is 6.07 Å². The Labute approximate surface area is 106 Å². The van der Waals surface area contributed by atoms with E-state index < -0.39 is 29.0 Å². The van der Waals surface area contributed by atoms with Gasteiger partial charge in [0.05, 0.1) is 4.47 Å². The molecule has 17 heavy (non-hydrogen) atoms. The highest BCUT2D eigenvalue weighted by molar-refractivity contribution is 9.10. The van der Waals surface area contributed by atoms with E-state index in [4.69, 9.17) is 0 Å². The first-order valence-corrected chi connectivity index (χ1v) is 5.63. The molecule has 3 nitrogen and oxygen atoms in total. The van der Waals surface area contributed by atoms with Gasteiger partial charge in [0.2, 0.25) is 5.75 Å². The minimum atomic E-state index is -0.950. The number of benzene rings is 1. The van der Waals surface area contributed by atoms with Crippen molar-refractivity contribution in [1.82, 2.24) is 5.32 Å². The fourth-order valence-corrected chi connectivity index (χ4v) is 1.34. The molecule has 0 spiro atoms. The maximum Gasteiger partial charge on any atom is 0.413 e. The summed E-state index contributed by atoms with van der Waals surface area (Å²) in [6, 6.07) is 2.20. The molecule has 1 aromatic carbocycles. The SMILES string of the molecule is CC(C)(C)NC(=O)Oc1c(F)ccc(Br)c1F. The van der Waals surface area contributed by atoms with Crippen LogP contribution in [-0.4, -0.2) is 11.6 Å². The normalized spacial score (nSPS) is 11.2. The first-order chi connectivity index (χ1) is 7.70. The van der Waals surface area contributed by atoms with Crippen molar-refractivity contribution in [1.29, 1.82) is 0 Å². The molecular weight excluding hydrogens is 296 g/mol. The van der Waals surface area contributed by atoms with Gasteiger partial charge in [-0.1, -0.05) is 0 Å². The zero-order valence-corrected chi connectivity index (χ0v) is 11.2. The molecule has 0 aliphatic rings. The molecule has 0 aliphatic carbocycles. The Bertz CT molecular complexity index is 444. The summed E-state index contributed by atoms with van der Waals surface area (Å²) in [4.78, 5) is 11.4. The van der Waals surface area contributed by atoms with Crippen LogP contribution in [0, 0.1) is 11.6 Å². The number of rotatable bonds is 1. The van der Waals surface area contributed by atoms with Gasteiger partial charge >= 0.3 is 6.09 Å². The largest absolute Gasteiger partial charge is 0.413 e. The maximum atomic E-state index is 13.5. The Balaban J connectivity index is 2.89. The summed E-state index contributed by atoms with van der Waals surface area (Å²) in [5.41, 5.74) is -0.546. The molecule has 0 fully saturated rings. The lowest BCUT2D eigenvalue weighted by Gasteiger charge is -2.20. The van der Waals surface area contributed by atoms with Crippen molar-refractivity contribution in [3.05, 3.63) is 28.2 Å². The van der Waals surface area contributed by atoms with E-state index in [1.807, 2.05) is 0 Å². The Morgan fingerprint density at radius 3 is 2.47 bits per heavy atom. The Kier molecular flexibility index (Phi) is 4.08. The molecule has 0 bridgehead atoms. The molecule has 94 valence electrons. The van der Waals surface area contributed by atoms with Gasteiger partial charge < -0.3 is 10.1 Å². The topological polar surface area (TPSA) is 38.3 Å². The van der Waals surface area contributed by atoms with Crippen LogP contribution < -0.4 is 10.1 Å². The fraction of sp³-hybridized carbons (Fsp3) is 0.364. The zero-order chi connectivity index (χ0) is 13.2. The van der Waals surface area contributed by atoms with Crippen molar-refractivity contribution in [2.45, 2.75) is 26.3 Å². The maximum absolute atomic E-state index is 13.5. The van der Waals surface area contributed by atoms with E-state index in [1.54, 1.807) is 20.8 Å². The second-order valence-electron chi connectivity index (χ2n) is 4.44. The molecule has 1 amide bonds. The van der Waals surface area contributed by atoms with Gasteiger partial charge in [-0.2, -0.15) is 0 Å². The quantitative estimate of drug-likeness (QED) is 0.805. The van der Waals surface area contributed by atoms with Crippen LogP contribution in [-0.2, 0) is 0 Å². The first-order valence-electron chi connectivity index (χ1n) is 4.84. The number of ether oxygens (including phenoxy) is 1. The average molecular weight is 308 g/mol. The standard InChI is InChI=1S/C11H12BrF2NO2/c1-11(2,3)15-10(16)17-9-7(13)5-4-6(12)8(9)14/h4-5H,1-3H3,(H,15,16). The van der Waals surface area contributed by atoms with Gasteiger partial charge in [0.15, 0.2) is 11.6 Å². The van der Waals surface area contributed by atoms with Crippen molar-refractivity contribution >= 4 is 22.0 Å². The Morgan fingerprint density at radius 2 is 1.94 bits per heavy atom. The van der Waals surface area contributed by atoms with Gasteiger partial charge in [0.1, 0.15) is 0 Å². The van der Waals surface area contributed by atoms with Gasteiger partial charge in [0.25, 0.3) is 0 Å². The van der Waals surface area contributed by atoms with Gasteiger partial charge in [-0.05, 0) is 48.8 Å². The molecular formula is C11H12BrF2NO2. The first kappa shape index (κ1) is 13.9. The number of halogens is 3. The lowest BCUT2D eigenvalue weighted by molar-refractivity contribution is 0.186. The zero-order valence-electron chi connectivity index (χ0n) is 9.61. The molecule has 0 atom stereocenters. The number of hydrogen-bond acceptors (Lipinski definition) is 2. The van der Waals surface area contributed by atoms with Crippen LogP contribution in [0.5, 0.6) is 5.75 Å². The van der Waals surface area contributed by atoms with Crippen molar-refractivity contribution in [3.8, 4) is 5.75 Å². The fourth-order valence-electron chi connectivity index (χ4n) is 1.03. The predicted octanol–water partition coefficient (Wildman–Crippen LogP) is 3.61. The van der Waals surface area contributed by atoms with Crippen molar-refractivity contribution < 1.29 is 18.3 Å². The molecule has 1 rings (SSSR count). The van der Waals surface area contributed by atoms with Gasteiger partial charge in [-0.25, -0.2) is 13.6 Å². The number of amides is 1. The van der Waals surface area contributed by atoms with E-state index in [2.05, 4.69) is 26.0 Å². The van der Waals surface area contributed by atoms with Gasteiger partial charge in [0, 0.05) is 5.54 Å². The van der Waals surface area contributed by atoms with E-state index in [1.165, 1.54) is 6.07 Å². The summed E-state index contributed by atoms with van der Waals surface area (Å²) in [7, 11) is 0. The molecule has 0 unspecified atom stereocenters. The third kappa shape index (κ3) is 3.96. The van der Waals surface area contributed by atoms with E-state index >= 15 is 0 Å². The van der Waals surface area contributed by atoms with Gasteiger partial charge in [-0.15, -0.1) is 0 Å². The van der Waals surface area contributed by atoms with Crippen LogP contribution in [0.1, 0.15) is 20.8 Å². The molecule has 1 N–H and O–H groups in total. The summed E-state index contributed by atoms with van der Waals surface area (Å²) < 4.78 is 31.3. The predicted molar refractivity (Wildman–Crippen MR) is 63.0 cm³/mol. The highest BCUT2D eigenvalue weighted by Crippen LogP contribution is 2.28. The van der Waals surface area contributed by atoms with Crippen LogP contribution in [0.2, 0.25) is 0 Å². The second kappa shape index (κ2) is 5.00. The second-order valence-corrected chi connectivity index (χ2v) is 5.29. The summed E-state index contributed by atoms with van der Waals surface area (Å²) in [6.45, 7) is 5.17. The average Bonchev–Trinajstić information content (AvgIpc) is 2.16. The molecule has 6 heteroatoms. The van der Waals surface area contributed by atoms with Crippen LogP contribution in [0.3, 0.4) is 0 Å². The van der Waals surface area contributed by atoms with E-state index in [0.29, 0.717) is 0 Å². The number of nitrogens with one attached hydrogen (secondary N) is 1. The minimum Gasteiger partial charge on any atom is -0.404 e. The molecule has 0 heterocycles. The highest BCUT2D eigenvalue weighted by atomic mass is 79.9. The van der Waals surface area contributed by atoms with Crippen LogP contribution in [0.25, 0.3) is 0 Å². The van der Waals surface area contributed by atoms with Crippen LogP contribution >= 0.6 is 15.9 Å². The lowest BCUT2D eigenvalue weighted by atomic mass is 10.1. The molecule has 0 aromatic heterocycles. The molecule has 1 aromatic rings. The summed E-state index contributed by atoms with van der Waals surface area (Å²) in [6.07, 6.45) is -0.909. The van der Waals surface area contributed by atoms with Crippen LogP contribution in [0.4, 0.5) is 13.6 Å². The summed E-state index contributed by atoms with van der Waals surface area (Å²) in [5.74, 6) is -2.61. The summed E-state index contributed by atoms with van der Waals surface area (Å²) in [5, 5.41) is 2.43. The third-order valence-electron chi connectivity index (χ3n) is 1.67. The third-order valence-corrected chi connectivity index (χ3v) is 2.29. The minimum absolute atomic E-state index is 0.0254. The Hall–Kier alpha value is -1.17. The van der Waals surface area contributed by atoms with Gasteiger partial charge in [-0.3, -0.25) is 0 Å². The van der Waals surface area contributed by atoms with Crippen molar-refractivity contribution in [2.75, 3.05) is 0 Å². The number of hydrogen-bond donors (Lipinski definition) is 1. The van der Waals surface area contributed by atoms with Crippen LogP contribution in [0.15, 0.2) is 16.6 Å². The number of carbonyl (C=O) groups excluding carboxylic acids is 1. The number of carbonyl (C=O) groups is 1. The molecule has 0 saturated carbocycles. The smallest absolute Gasteiger partial charge is 0.404 e. The lowest BCUT2D eigenvalue weighted by Crippen LogP contribution is -2.42. The van der Waals surface area contributed by atoms with E-state index in [9.17, 15) is 13.6 Å². The van der Waals surface area contributed by atoms with Crippen molar-refractivity contribution in [2.24, 2.45) is 0 Å². The monoisotopic (exact) mass is 307 g/mol. The molecule has 0 saturated heterocycles. The van der Waals surface area contributed by atoms with E-state index in [-0.39, 0.29) is 4.47 Å². The Morgan fingerprint density at radius 1 is 1.35 bits per heavy atom. The van der Waals surface area contributed by atoms with Crippen molar-refractivity contribution in [3.63, 3.8) is 0 Å². The molecule has 0 aliphatic heterocycles. The molecule has 0 radical (unpaired) electrons.